The number of nitrogens with one attached hydrogen (secondary N) is 1. The Morgan fingerprint density at radius 1 is 0.938 bits per heavy atom. The summed E-state index contributed by atoms with van der Waals surface area (Å²) < 4.78 is 3.48. The normalized spacial score (nSPS) is 17.5. The molecule has 2 aliphatic rings. The van der Waals surface area contributed by atoms with Crippen molar-refractivity contribution in [3.63, 3.8) is 0 Å². The van der Waals surface area contributed by atoms with Gasteiger partial charge >= 0.3 is 0 Å². The van der Waals surface area contributed by atoms with Crippen LogP contribution in [0.2, 0.25) is 0 Å². The first-order valence-electron chi connectivity index (χ1n) is 18.4. The molecule has 3 N–H and O–H groups in total. The first-order chi connectivity index (χ1) is 22.9. The molecule has 2 aliphatic heterocycles. The molecule has 262 valence electrons. The van der Waals surface area contributed by atoms with Gasteiger partial charge in [-0.1, -0.05) is 70.2 Å². The molecular formula is C41H64N6O+2. The minimum Gasteiger partial charge on any atom is -0.356 e. The fourth-order valence-corrected chi connectivity index (χ4v) is 7.65. The molecule has 0 fully saturated rings. The van der Waals surface area contributed by atoms with Gasteiger partial charge in [0.25, 0.3) is 0 Å². The van der Waals surface area contributed by atoms with Gasteiger partial charge in [0.05, 0.1) is 32.6 Å². The molecule has 4 rings (SSSR count). The van der Waals surface area contributed by atoms with Crippen LogP contribution in [0.4, 0.5) is 11.4 Å². The molecule has 0 spiro atoms. The SMILES string of the molecule is CCN(CC)CCC[N+]1=C(/C=C/C=C2/N(CCC(=O)NCCC[N+](C)(C)CCCN)c3ccccc3C2(C)C)C(C)(C)c2ccccc21. The molecule has 0 bridgehead atoms. The lowest BCUT2D eigenvalue weighted by molar-refractivity contribution is -0.890. The van der Waals surface area contributed by atoms with Gasteiger partial charge < -0.3 is 25.3 Å². The van der Waals surface area contributed by atoms with E-state index in [9.17, 15) is 4.79 Å². The molecule has 48 heavy (non-hydrogen) atoms. The Morgan fingerprint density at radius 2 is 1.60 bits per heavy atom. The molecule has 7 heteroatoms. The summed E-state index contributed by atoms with van der Waals surface area (Å²) in [6.07, 6.45) is 10.4. The summed E-state index contributed by atoms with van der Waals surface area (Å²) in [5.74, 6) is 0.112. The Labute approximate surface area is 291 Å². The summed E-state index contributed by atoms with van der Waals surface area (Å²) in [7, 11) is 4.48. The number of nitrogens with zero attached hydrogens (tertiary/aromatic N) is 4. The van der Waals surface area contributed by atoms with Gasteiger partial charge in [-0.25, -0.2) is 0 Å². The number of carbonyl (C=O) groups excluding carboxylic acids is 1. The number of para-hydroxylation sites is 2. The molecular weight excluding hydrogens is 592 g/mol. The highest BCUT2D eigenvalue weighted by molar-refractivity contribution is 6.03. The summed E-state index contributed by atoms with van der Waals surface area (Å²) in [6.45, 7) is 22.3. The minimum absolute atomic E-state index is 0.0920. The number of fused-ring (bicyclic) bond motifs is 2. The van der Waals surface area contributed by atoms with Crippen LogP contribution in [0.1, 0.15) is 78.4 Å². The monoisotopic (exact) mass is 657 g/mol. The number of amides is 1. The second-order valence-electron chi connectivity index (χ2n) is 15.2. The van der Waals surface area contributed by atoms with Crippen molar-refractivity contribution in [2.45, 2.75) is 78.1 Å². The van der Waals surface area contributed by atoms with E-state index in [1.807, 2.05) is 0 Å². The third-order valence-electron chi connectivity index (χ3n) is 10.6. The van der Waals surface area contributed by atoms with Crippen molar-refractivity contribution in [3.8, 4) is 0 Å². The van der Waals surface area contributed by atoms with Gasteiger partial charge in [0.2, 0.25) is 11.6 Å². The molecule has 0 saturated heterocycles. The first-order valence-corrected chi connectivity index (χ1v) is 18.4. The fourth-order valence-electron chi connectivity index (χ4n) is 7.65. The van der Waals surface area contributed by atoms with E-state index in [1.165, 1.54) is 33.9 Å². The third kappa shape index (κ3) is 8.66. The number of carbonyl (C=O) groups is 1. The Balaban J connectivity index is 1.52. The molecule has 2 aromatic rings. The fraction of sp³-hybridized carbons (Fsp3) is 0.561. The van der Waals surface area contributed by atoms with Gasteiger partial charge in [-0.2, -0.15) is 4.58 Å². The van der Waals surface area contributed by atoms with Crippen molar-refractivity contribution < 1.29 is 13.9 Å². The van der Waals surface area contributed by atoms with Crippen LogP contribution in [0.15, 0.2) is 72.5 Å². The molecule has 0 unspecified atom stereocenters. The topological polar surface area (TPSA) is 64.6 Å². The quantitative estimate of drug-likeness (QED) is 0.112. The average Bonchev–Trinajstić information content (AvgIpc) is 3.42. The second kappa shape index (κ2) is 16.4. The number of allylic oxidation sites excluding steroid dienone is 4. The lowest BCUT2D eigenvalue weighted by Gasteiger charge is -2.29. The van der Waals surface area contributed by atoms with Crippen LogP contribution >= 0.6 is 0 Å². The van der Waals surface area contributed by atoms with Gasteiger partial charge in [0.1, 0.15) is 0 Å². The molecule has 0 aromatic heterocycles. The Kier molecular flexibility index (Phi) is 12.9. The summed E-state index contributed by atoms with van der Waals surface area (Å²) >= 11 is 0. The van der Waals surface area contributed by atoms with Crippen LogP contribution in [0.3, 0.4) is 0 Å². The van der Waals surface area contributed by atoms with E-state index in [0.29, 0.717) is 19.5 Å². The van der Waals surface area contributed by atoms with E-state index >= 15 is 0 Å². The van der Waals surface area contributed by atoms with Crippen molar-refractivity contribution >= 4 is 23.0 Å². The zero-order valence-corrected chi connectivity index (χ0v) is 31.3. The molecule has 7 nitrogen and oxygen atoms in total. The maximum absolute atomic E-state index is 13.0. The van der Waals surface area contributed by atoms with E-state index < -0.39 is 0 Å². The van der Waals surface area contributed by atoms with Crippen LogP contribution in [0, 0.1) is 0 Å². The van der Waals surface area contributed by atoms with Gasteiger partial charge in [0, 0.05) is 79.8 Å². The number of anilines is 1. The van der Waals surface area contributed by atoms with E-state index in [2.05, 4.69) is 142 Å². The molecule has 2 heterocycles. The van der Waals surface area contributed by atoms with Crippen molar-refractivity contribution in [1.29, 1.82) is 0 Å². The smallest absolute Gasteiger partial charge is 0.221 e. The Hall–Kier alpha value is -3.26. The number of hydrogen-bond donors (Lipinski definition) is 2. The number of benzene rings is 2. The molecule has 0 aliphatic carbocycles. The van der Waals surface area contributed by atoms with Crippen molar-refractivity contribution in [2.24, 2.45) is 5.73 Å². The standard InChI is InChI=1S/C41H63N6O/c1-9-44(10-2)28-18-29-45-35-21-13-11-19-33(35)40(3,4)37(45)23-15-24-38-41(5,6)34-20-12-14-22-36(34)46(38)30-25-39(48)43-27-17-32-47(7,8)31-16-26-42/h11-15,19-24H,9-10,16-18,25-32,42H2,1-8H3/q+1/p+1. The Morgan fingerprint density at radius 3 is 2.31 bits per heavy atom. The minimum atomic E-state index is -0.174. The Bertz CT molecular complexity index is 1480. The van der Waals surface area contributed by atoms with Crippen molar-refractivity contribution in [2.75, 3.05) is 77.9 Å². The summed E-state index contributed by atoms with van der Waals surface area (Å²) in [4.78, 5) is 17.9. The van der Waals surface area contributed by atoms with Crippen LogP contribution < -0.4 is 16.0 Å². The van der Waals surface area contributed by atoms with Crippen LogP contribution in [-0.4, -0.2) is 98.6 Å². The highest BCUT2D eigenvalue weighted by atomic mass is 16.1. The van der Waals surface area contributed by atoms with Crippen molar-refractivity contribution in [1.82, 2.24) is 10.2 Å². The van der Waals surface area contributed by atoms with Crippen molar-refractivity contribution in [3.05, 3.63) is 83.6 Å². The van der Waals surface area contributed by atoms with E-state index in [0.717, 1.165) is 69.6 Å². The number of nitrogens with two attached hydrogens (primary N) is 1. The van der Waals surface area contributed by atoms with Crippen LogP contribution in [0.5, 0.6) is 0 Å². The largest absolute Gasteiger partial charge is 0.356 e. The van der Waals surface area contributed by atoms with Gasteiger partial charge in [-0.3, -0.25) is 4.79 Å². The molecule has 0 atom stereocenters. The molecule has 0 radical (unpaired) electrons. The molecule has 2 aromatic carbocycles. The predicted molar refractivity (Wildman–Crippen MR) is 203 cm³/mol. The zero-order valence-electron chi connectivity index (χ0n) is 31.3. The summed E-state index contributed by atoms with van der Waals surface area (Å²) in [6, 6.07) is 17.6. The average molecular weight is 657 g/mol. The lowest BCUT2D eigenvalue weighted by atomic mass is 9.81. The van der Waals surface area contributed by atoms with E-state index in [4.69, 9.17) is 5.73 Å². The van der Waals surface area contributed by atoms with Crippen LogP contribution in [0.25, 0.3) is 0 Å². The molecule has 1 amide bonds. The summed E-state index contributed by atoms with van der Waals surface area (Å²) in [5.41, 5.74) is 13.2. The maximum atomic E-state index is 13.0. The lowest BCUT2D eigenvalue weighted by Crippen LogP contribution is -2.43. The van der Waals surface area contributed by atoms with E-state index in [1.54, 1.807) is 0 Å². The summed E-state index contributed by atoms with van der Waals surface area (Å²) in [5, 5.41) is 3.18. The number of rotatable bonds is 18. The third-order valence-corrected chi connectivity index (χ3v) is 10.6. The predicted octanol–water partition coefficient (Wildman–Crippen LogP) is 6.35. The maximum Gasteiger partial charge on any atom is 0.221 e. The van der Waals surface area contributed by atoms with Gasteiger partial charge in [0.15, 0.2) is 12.3 Å². The number of hydrogen-bond acceptors (Lipinski definition) is 4. The van der Waals surface area contributed by atoms with Gasteiger partial charge in [-0.05, 0) is 51.2 Å². The highest BCUT2D eigenvalue weighted by Gasteiger charge is 2.44. The highest BCUT2D eigenvalue weighted by Crippen LogP contribution is 2.47. The van der Waals surface area contributed by atoms with E-state index in [-0.39, 0.29) is 16.7 Å². The molecule has 0 saturated carbocycles. The zero-order chi connectivity index (χ0) is 35.0. The second-order valence-corrected chi connectivity index (χ2v) is 15.2. The van der Waals surface area contributed by atoms with Crippen LogP contribution in [-0.2, 0) is 15.6 Å². The van der Waals surface area contributed by atoms with Gasteiger partial charge in [-0.15, -0.1) is 0 Å². The number of quaternary nitrogens is 1. The first kappa shape index (κ1) is 37.6.